The fourth-order valence-corrected chi connectivity index (χ4v) is 5.73. The Morgan fingerprint density at radius 3 is 1.82 bits per heavy atom. The number of nitrogens with zero attached hydrogens (tertiary/aromatic N) is 1. The van der Waals surface area contributed by atoms with Gasteiger partial charge in [0.05, 0.1) is 11.5 Å². The Morgan fingerprint density at radius 1 is 0.706 bits per heavy atom. The van der Waals surface area contributed by atoms with E-state index in [0.29, 0.717) is 5.92 Å². The molecule has 0 atom stereocenters. The van der Waals surface area contributed by atoms with Crippen LogP contribution in [0.15, 0.2) is 48.5 Å². The Hall–Kier alpha value is -2.07. The molecule has 1 aliphatic carbocycles. The van der Waals surface area contributed by atoms with Gasteiger partial charge >= 0.3 is 0 Å². The van der Waals surface area contributed by atoms with E-state index in [4.69, 9.17) is 0 Å². The van der Waals surface area contributed by atoms with E-state index in [1.165, 1.54) is 92.9 Å². The summed E-state index contributed by atoms with van der Waals surface area (Å²) in [4.78, 5) is 0. The molecule has 0 radical (unpaired) electrons. The zero-order chi connectivity index (χ0) is 24.1. The lowest BCUT2D eigenvalue weighted by atomic mass is 9.67. The van der Waals surface area contributed by atoms with Crippen LogP contribution in [-0.4, -0.2) is 0 Å². The average molecular weight is 458 g/mol. The number of unbranched alkanes of at least 4 members (excludes halogenated alkanes) is 8. The molecule has 2 aromatic rings. The lowest BCUT2D eigenvalue weighted by Crippen LogP contribution is -2.25. The van der Waals surface area contributed by atoms with E-state index in [9.17, 15) is 5.26 Å². The van der Waals surface area contributed by atoms with Crippen LogP contribution >= 0.6 is 0 Å². The number of hydrogen-bond acceptors (Lipinski definition) is 1. The summed E-state index contributed by atoms with van der Waals surface area (Å²) in [6.45, 7) is 4.54. The molecule has 1 saturated carbocycles. The summed E-state index contributed by atoms with van der Waals surface area (Å²) >= 11 is 0. The third kappa shape index (κ3) is 8.01. The van der Waals surface area contributed by atoms with E-state index in [1.807, 2.05) is 0 Å². The highest BCUT2D eigenvalue weighted by molar-refractivity contribution is 5.64. The SMILES string of the molecule is CCCCCCCCC1(C#N)CCC(c2ccc(-c3ccc(CCCCCC)cc3)cc2)CC1. The summed E-state index contributed by atoms with van der Waals surface area (Å²) in [6.07, 6.45) is 20.0. The topological polar surface area (TPSA) is 23.8 Å². The van der Waals surface area contributed by atoms with Crippen molar-refractivity contribution in [2.45, 2.75) is 122 Å². The lowest BCUT2D eigenvalue weighted by molar-refractivity contribution is 0.223. The Kier molecular flexibility index (Phi) is 11.2. The molecule has 0 aromatic heterocycles. The van der Waals surface area contributed by atoms with Crippen molar-refractivity contribution in [2.24, 2.45) is 5.41 Å². The first-order valence-electron chi connectivity index (χ1n) is 14.3. The second-order valence-corrected chi connectivity index (χ2v) is 10.8. The second-order valence-electron chi connectivity index (χ2n) is 10.8. The van der Waals surface area contributed by atoms with E-state index in [0.717, 1.165) is 32.1 Å². The van der Waals surface area contributed by atoms with Gasteiger partial charge in [-0.15, -0.1) is 0 Å². The van der Waals surface area contributed by atoms with Crippen LogP contribution in [0.2, 0.25) is 0 Å². The van der Waals surface area contributed by atoms with E-state index >= 15 is 0 Å². The Morgan fingerprint density at radius 2 is 1.24 bits per heavy atom. The maximum atomic E-state index is 9.94. The quantitative estimate of drug-likeness (QED) is 0.259. The smallest absolute Gasteiger partial charge is 0.0689 e. The van der Waals surface area contributed by atoms with Gasteiger partial charge in [-0.3, -0.25) is 0 Å². The zero-order valence-electron chi connectivity index (χ0n) is 22.0. The highest BCUT2D eigenvalue weighted by Gasteiger charge is 2.35. The third-order valence-electron chi connectivity index (χ3n) is 8.18. The zero-order valence-corrected chi connectivity index (χ0v) is 22.0. The minimum atomic E-state index is -0.0561. The molecule has 1 fully saturated rings. The Labute approximate surface area is 210 Å². The van der Waals surface area contributed by atoms with E-state index < -0.39 is 0 Å². The maximum absolute atomic E-state index is 9.94. The van der Waals surface area contributed by atoms with Gasteiger partial charge in [0.25, 0.3) is 0 Å². The van der Waals surface area contributed by atoms with Gasteiger partial charge in [0, 0.05) is 0 Å². The predicted octanol–water partition coefficient (Wildman–Crippen LogP) is 10.4. The molecule has 1 heteroatoms. The number of rotatable bonds is 14. The molecular formula is C33H47N. The molecule has 0 amide bonds. The number of nitriles is 1. The van der Waals surface area contributed by atoms with Crippen LogP contribution in [0.3, 0.4) is 0 Å². The second kappa shape index (κ2) is 14.4. The summed E-state index contributed by atoms with van der Waals surface area (Å²) in [6, 6.07) is 21.2. The Balaban J connectivity index is 1.47. The molecule has 0 bridgehead atoms. The molecule has 1 nitrogen and oxygen atoms in total. The molecule has 0 heterocycles. The minimum Gasteiger partial charge on any atom is -0.198 e. The first kappa shape index (κ1) is 26.5. The summed E-state index contributed by atoms with van der Waals surface area (Å²) in [5.41, 5.74) is 5.49. The minimum absolute atomic E-state index is 0.0561. The van der Waals surface area contributed by atoms with Gasteiger partial charge < -0.3 is 0 Å². The van der Waals surface area contributed by atoms with Crippen molar-refractivity contribution >= 4 is 0 Å². The molecule has 184 valence electrons. The molecule has 2 aromatic carbocycles. The molecule has 0 spiro atoms. The molecule has 0 aliphatic heterocycles. The molecule has 0 saturated heterocycles. The van der Waals surface area contributed by atoms with E-state index in [-0.39, 0.29) is 5.41 Å². The molecule has 0 N–H and O–H groups in total. The van der Waals surface area contributed by atoms with Crippen LogP contribution in [0.5, 0.6) is 0 Å². The molecule has 0 unspecified atom stereocenters. The van der Waals surface area contributed by atoms with Crippen LogP contribution < -0.4 is 0 Å². The fourth-order valence-electron chi connectivity index (χ4n) is 5.73. The van der Waals surface area contributed by atoms with Gasteiger partial charge in [0.1, 0.15) is 0 Å². The number of aryl methyl sites for hydroxylation is 1. The summed E-state index contributed by atoms with van der Waals surface area (Å²) in [7, 11) is 0. The number of benzene rings is 2. The largest absolute Gasteiger partial charge is 0.198 e. The highest BCUT2D eigenvalue weighted by Crippen LogP contribution is 2.45. The summed E-state index contributed by atoms with van der Waals surface area (Å²) in [5, 5.41) is 9.94. The average Bonchev–Trinajstić information content (AvgIpc) is 2.89. The van der Waals surface area contributed by atoms with Crippen molar-refractivity contribution in [3.63, 3.8) is 0 Å². The standard InChI is InChI=1S/C33H47N/c1-3-5-7-9-10-12-24-33(27-34)25-22-32(23-26-33)31-20-18-30(19-21-31)29-16-14-28(15-17-29)13-11-8-6-4-2/h14-21,32H,3-13,22-26H2,1-2H3. The highest BCUT2D eigenvalue weighted by atomic mass is 14.4. The maximum Gasteiger partial charge on any atom is 0.0689 e. The summed E-state index contributed by atoms with van der Waals surface area (Å²) in [5.74, 6) is 0.616. The molecule has 3 rings (SSSR count). The first-order chi connectivity index (χ1) is 16.7. The van der Waals surface area contributed by atoms with Crippen molar-refractivity contribution in [1.82, 2.24) is 0 Å². The van der Waals surface area contributed by atoms with Gasteiger partial charge in [-0.05, 0) is 73.1 Å². The van der Waals surface area contributed by atoms with Crippen molar-refractivity contribution in [3.05, 3.63) is 59.7 Å². The van der Waals surface area contributed by atoms with Gasteiger partial charge in [-0.25, -0.2) is 0 Å². The molecule has 1 aliphatic rings. The monoisotopic (exact) mass is 457 g/mol. The van der Waals surface area contributed by atoms with Crippen LogP contribution in [0.25, 0.3) is 11.1 Å². The van der Waals surface area contributed by atoms with Crippen molar-refractivity contribution in [1.29, 1.82) is 5.26 Å². The van der Waals surface area contributed by atoms with Gasteiger partial charge in [0.2, 0.25) is 0 Å². The molecular weight excluding hydrogens is 410 g/mol. The third-order valence-corrected chi connectivity index (χ3v) is 8.18. The van der Waals surface area contributed by atoms with Crippen LogP contribution in [0.4, 0.5) is 0 Å². The van der Waals surface area contributed by atoms with E-state index in [1.54, 1.807) is 0 Å². The summed E-state index contributed by atoms with van der Waals surface area (Å²) < 4.78 is 0. The first-order valence-corrected chi connectivity index (χ1v) is 14.3. The van der Waals surface area contributed by atoms with Crippen molar-refractivity contribution in [2.75, 3.05) is 0 Å². The van der Waals surface area contributed by atoms with Gasteiger partial charge in [0.15, 0.2) is 0 Å². The predicted molar refractivity (Wildman–Crippen MR) is 147 cm³/mol. The van der Waals surface area contributed by atoms with E-state index in [2.05, 4.69) is 68.4 Å². The Bertz CT molecular complexity index is 847. The van der Waals surface area contributed by atoms with Gasteiger partial charge in [-0.1, -0.05) is 120 Å². The molecule has 34 heavy (non-hydrogen) atoms. The number of hydrogen-bond donors (Lipinski definition) is 0. The van der Waals surface area contributed by atoms with Crippen LogP contribution in [0.1, 0.15) is 127 Å². The van der Waals surface area contributed by atoms with Gasteiger partial charge in [-0.2, -0.15) is 5.26 Å². The van der Waals surface area contributed by atoms with Crippen molar-refractivity contribution < 1.29 is 0 Å². The van der Waals surface area contributed by atoms with Crippen LogP contribution in [-0.2, 0) is 6.42 Å². The normalized spacial score (nSPS) is 20.2. The fraction of sp³-hybridized carbons (Fsp3) is 0.606. The lowest BCUT2D eigenvalue weighted by Gasteiger charge is -2.35. The van der Waals surface area contributed by atoms with Crippen LogP contribution in [0, 0.1) is 16.7 Å². The van der Waals surface area contributed by atoms with Crippen molar-refractivity contribution in [3.8, 4) is 17.2 Å².